The molecular formula is C12H23NO5. The highest BCUT2D eigenvalue weighted by Gasteiger charge is 2.30. The number of ether oxygens (including phenoxy) is 4. The highest BCUT2D eigenvalue weighted by molar-refractivity contribution is 5.74. The Morgan fingerprint density at radius 3 is 2.78 bits per heavy atom. The van der Waals surface area contributed by atoms with Gasteiger partial charge in [0.15, 0.2) is 6.10 Å². The van der Waals surface area contributed by atoms with Crippen molar-refractivity contribution in [1.29, 1.82) is 0 Å². The standard InChI is InChI=1S/C12H23NO5/c1-15-7-8-16-5-2-6-17-12(14)11-4-3-10(9-13)18-11/h10-11H,2-9,13H2,1H3. The predicted octanol–water partition coefficient (Wildman–Crippen LogP) is 0.0890. The fourth-order valence-corrected chi connectivity index (χ4v) is 1.72. The van der Waals surface area contributed by atoms with E-state index in [0.29, 0.717) is 45.8 Å². The molecule has 0 spiro atoms. The van der Waals surface area contributed by atoms with Gasteiger partial charge in [0.05, 0.1) is 25.9 Å². The highest BCUT2D eigenvalue weighted by atomic mass is 16.6. The Morgan fingerprint density at radius 1 is 1.28 bits per heavy atom. The summed E-state index contributed by atoms with van der Waals surface area (Å²) in [6.45, 7) is 2.52. The lowest BCUT2D eigenvalue weighted by molar-refractivity contribution is -0.156. The molecule has 0 amide bonds. The zero-order valence-electron chi connectivity index (χ0n) is 10.9. The van der Waals surface area contributed by atoms with Crippen molar-refractivity contribution >= 4 is 5.97 Å². The molecule has 0 aliphatic carbocycles. The van der Waals surface area contributed by atoms with Crippen LogP contribution in [0.3, 0.4) is 0 Å². The minimum Gasteiger partial charge on any atom is -0.464 e. The van der Waals surface area contributed by atoms with Crippen LogP contribution < -0.4 is 5.73 Å². The number of esters is 1. The van der Waals surface area contributed by atoms with Crippen LogP contribution in [0.2, 0.25) is 0 Å². The van der Waals surface area contributed by atoms with Gasteiger partial charge in [0.25, 0.3) is 0 Å². The largest absolute Gasteiger partial charge is 0.464 e. The summed E-state index contributed by atoms with van der Waals surface area (Å²) in [5.41, 5.74) is 5.47. The van der Waals surface area contributed by atoms with E-state index in [-0.39, 0.29) is 12.1 Å². The molecule has 6 heteroatoms. The van der Waals surface area contributed by atoms with Crippen molar-refractivity contribution < 1.29 is 23.7 Å². The first kappa shape index (κ1) is 15.4. The van der Waals surface area contributed by atoms with E-state index in [1.807, 2.05) is 0 Å². The fourth-order valence-electron chi connectivity index (χ4n) is 1.72. The van der Waals surface area contributed by atoms with Crippen molar-refractivity contribution in [3.63, 3.8) is 0 Å². The lowest BCUT2D eigenvalue weighted by atomic mass is 10.2. The number of hydrogen-bond acceptors (Lipinski definition) is 6. The Balaban J connectivity index is 1.97. The quantitative estimate of drug-likeness (QED) is 0.468. The third-order valence-electron chi connectivity index (χ3n) is 2.74. The molecule has 1 saturated heterocycles. The summed E-state index contributed by atoms with van der Waals surface area (Å²) in [5.74, 6) is -0.289. The molecule has 0 aromatic heterocycles. The van der Waals surface area contributed by atoms with Crippen molar-refractivity contribution in [3.05, 3.63) is 0 Å². The second-order valence-corrected chi connectivity index (χ2v) is 4.19. The van der Waals surface area contributed by atoms with Gasteiger partial charge in [-0.2, -0.15) is 0 Å². The van der Waals surface area contributed by atoms with Crippen molar-refractivity contribution in [2.24, 2.45) is 5.73 Å². The van der Waals surface area contributed by atoms with Gasteiger partial charge in [-0.3, -0.25) is 0 Å². The normalized spacial score (nSPS) is 23.2. The summed E-state index contributed by atoms with van der Waals surface area (Å²) in [6.07, 6.45) is 1.78. The summed E-state index contributed by atoms with van der Waals surface area (Å²) in [5, 5.41) is 0. The lowest BCUT2D eigenvalue weighted by Crippen LogP contribution is -2.27. The minimum absolute atomic E-state index is 0.0000674. The van der Waals surface area contributed by atoms with Gasteiger partial charge in [0.1, 0.15) is 0 Å². The zero-order chi connectivity index (χ0) is 13.2. The first-order valence-electron chi connectivity index (χ1n) is 6.36. The van der Waals surface area contributed by atoms with Crippen LogP contribution in [0.4, 0.5) is 0 Å². The van der Waals surface area contributed by atoms with Crippen LogP contribution >= 0.6 is 0 Å². The number of nitrogens with two attached hydrogens (primary N) is 1. The molecule has 6 nitrogen and oxygen atoms in total. The van der Waals surface area contributed by atoms with Crippen LogP contribution in [0, 0.1) is 0 Å². The highest BCUT2D eigenvalue weighted by Crippen LogP contribution is 2.19. The van der Waals surface area contributed by atoms with E-state index in [4.69, 9.17) is 24.7 Å². The van der Waals surface area contributed by atoms with E-state index in [1.165, 1.54) is 0 Å². The van der Waals surface area contributed by atoms with Crippen molar-refractivity contribution in [2.75, 3.05) is 40.1 Å². The van der Waals surface area contributed by atoms with Crippen LogP contribution in [0.5, 0.6) is 0 Å². The average Bonchev–Trinajstić information content (AvgIpc) is 2.86. The summed E-state index contributed by atoms with van der Waals surface area (Å²) in [7, 11) is 1.63. The summed E-state index contributed by atoms with van der Waals surface area (Å²) >= 11 is 0. The molecule has 0 radical (unpaired) electrons. The van der Waals surface area contributed by atoms with E-state index in [2.05, 4.69) is 0 Å². The molecule has 0 aromatic rings. The summed E-state index contributed by atoms with van der Waals surface area (Å²) < 4.78 is 20.6. The third kappa shape index (κ3) is 5.77. The monoisotopic (exact) mass is 261 g/mol. The molecule has 1 aliphatic heterocycles. The zero-order valence-corrected chi connectivity index (χ0v) is 10.9. The first-order valence-corrected chi connectivity index (χ1v) is 6.36. The van der Waals surface area contributed by atoms with Crippen LogP contribution in [0.1, 0.15) is 19.3 Å². The molecule has 0 aromatic carbocycles. The molecule has 2 atom stereocenters. The number of carbonyl (C=O) groups excluding carboxylic acids is 1. The van der Waals surface area contributed by atoms with Crippen LogP contribution in [0.15, 0.2) is 0 Å². The Hall–Kier alpha value is -0.690. The van der Waals surface area contributed by atoms with Gasteiger partial charge >= 0.3 is 5.97 Å². The van der Waals surface area contributed by atoms with E-state index in [1.54, 1.807) is 7.11 Å². The van der Waals surface area contributed by atoms with Gasteiger partial charge in [-0.15, -0.1) is 0 Å². The molecule has 1 rings (SSSR count). The van der Waals surface area contributed by atoms with Crippen LogP contribution in [-0.4, -0.2) is 58.3 Å². The van der Waals surface area contributed by atoms with Crippen molar-refractivity contribution in [1.82, 2.24) is 0 Å². The van der Waals surface area contributed by atoms with E-state index in [9.17, 15) is 4.79 Å². The van der Waals surface area contributed by atoms with Gasteiger partial charge in [0.2, 0.25) is 0 Å². The number of carbonyl (C=O) groups is 1. The Morgan fingerprint density at radius 2 is 2.11 bits per heavy atom. The van der Waals surface area contributed by atoms with E-state index >= 15 is 0 Å². The minimum atomic E-state index is -0.437. The number of rotatable bonds is 9. The Labute approximate surface area is 108 Å². The Kier molecular flexibility index (Phi) is 7.91. The fraction of sp³-hybridized carbons (Fsp3) is 0.917. The molecule has 1 heterocycles. The number of hydrogen-bond donors (Lipinski definition) is 1. The average molecular weight is 261 g/mol. The second kappa shape index (κ2) is 9.27. The predicted molar refractivity (Wildman–Crippen MR) is 65.2 cm³/mol. The maximum absolute atomic E-state index is 11.6. The lowest BCUT2D eigenvalue weighted by Gasteiger charge is -2.12. The molecule has 1 fully saturated rings. The van der Waals surface area contributed by atoms with Gasteiger partial charge < -0.3 is 24.7 Å². The van der Waals surface area contributed by atoms with Gasteiger partial charge in [-0.25, -0.2) is 4.79 Å². The molecule has 106 valence electrons. The first-order chi connectivity index (χ1) is 8.77. The molecule has 18 heavy (non-hydrogen) atoms. The van der Waals surface area contributed by atoms with Crippen LogP contribution in [-0.2, 0) is 23.7 Å². The van der Waals surface area contributed by atoms with Crippen molar-refractivity contribution in [2.45, 2.75) is 31.5 Å². The topological polar surface area (TPSA) is 80.0 Å². The van der Waals surface area contributed by atoms with E-state index in [0.717, 1.165) is 6.42 Å². The molecule has 2 unspecified atom stereocenters. The molecular weight excluding hydrogens is 238 g/mol. The third-order valence-corrected chi connectivity index (χ3v) is 2.74. The Bertz CT molecular complexity index is 237. The molecule has 0 bridgehead atoms. The molecule has 2 N–H and O–H groups in total. The number of methoxy groups -OCH3 is 1. The van der Waals surface area contributed by atoms with Gasteiger partial charge in [0, 0.05) is 26.7 Å². The van der Waals surface area contributed by atoms with E-state index < -0.39 is 6.10 Å². The molecule has 1 aliphatic rings. The molecule has 0 saturated carbocycles. The van der Waals surface area contributed by atoms with Gasteiger partial charge in [-0.1, -0.05) is 0 Å². The van der Waals surface area contributed by atoms with Crippen LogP contribution in [0.25, 0.3) is 0 Å². The smallest absolute Gasteiger partial charge is 0.335 e. The second-order valence-electron chi connectivity index (χ2n) is 4.19. The summed E-state index contributed by atoms with van der Waals surface area (Å²) in [6, 6.07) is 0. The van der Waals surface area contributed by atoms with Gasteiger partial charge in [-0.05, 0) is 12.8 Å². The maximum atomic E-state index is 11.6. The van der Waals surface area contributed by atoms with Crippen molar-refractivity contribution in [3.8, 4) is 0 Å². The maximum Gasteiger partial charge on any atom is 0.335 e. The summed E-state index contributed by atoms with van der Waals surface area (Å²) in [4.78, 5) is 11.6. The SMILES string of the molecule is COCCOCCCOC(=O)C1CCC(CN)O1.